The van der Waals surface area contributed by atoms with E-state index in [1.807, 2.05) is 0 Å². The van der Waals surface area contributed by atoms with Crippen LogP contribution in [0, 0.1) is 0 Å². The Balaban J connectivity index is 2.21. The summed E-state index contributed by atoms with van der Waals surface area (Å²) in [5.74, 6) is 0.195. The van der Waals surface area contributed by atoms with Gasteiger partial charge < -0.3 is 15.8 Å². The summed E-state index contributed by atoms with van der Waals surface area (Å²) >= 11 is 3.26. The van der Waals surface area contributed by atoms with Crippen molar-refractivity contribution >= 4 is 33.2 Å². The molecule has 0 spiro atoms. The monoisotopic (exact) mass is 321 g/mol. The number of halogens is 1. The quantitative estimate of drug-likeness (QED) is 0.852. The smallest absolute Gasteiger partial charge is 0.274 e. The normalized spacial score (nSPS) is 10.0. The van der Waals surface area contributed by atoms with E-state index < -0.39 is 0 Å². The van der Waals surface area contributed by atoms with Gasteiger partial charge in [-0.05, 0) is 40.2 Å². The van der Waals surface area contributed by atoms with Gasteiger partial charge in [-0.3, -0.25) is 4.79 Å². The Morgan fingerprint density at radius 1 is 1.37 bits per heavy atom. The molecule has 19 heavy (non-hydrogen) atoms. The van der Waals surface area contributed by atoms with E-state index >= 15 is 0 Å². The number of nitrogens with two attached hydrogens (primary N) is 1. The second-order valence-electron chi connectivity index (χ2n) is 3.78. The van der Waals surface area contributed by atoms with Gasteiger partial charge >= 0.3 is 0 Å². The van der Waals surface area contributed by atoms with Crippen LogP contribution in [0.3, 0.4) is 0 Å². The fourth-order valence-corrected chi connectivity index (χ4v) is 1.74. The third kappa shape index (κ3) is 3.23. The molecule has 0 aliphatic rings. The lowest BCUT2D eigenvalue weighted by Crippen LogP contribution is -2.14. The van der Waals surface area contributed by atoms with Crippen LogP contribution in [0.25, 0.3) is 0 Å². The Hall–Kier alpha value is -2.08. The highest BCUT2D eigenvalue weighted by atomic mass is 79.9. The summed E-state index contributed by atoms with van der Waals surface area (Å²) < 4.78 is 5.97. The minimum atomic E-state index is -0.310. The second kappa shape index (κ2) is 5.71. The van der Waals surface area contributed by atoms with Crippen LogP contribution in [0.1, 0.15) is 10.5 Å². The van der Waals surface area contributed by atoms with Crippen LogP contribution >= 0.6 is 15.9 Å². The largest absolute Gasteiger partial charge is 0.494 e. The zero-order valence-corrected chi connectivity index (χ0v) is 11.8. The minimum absolute atomic E-state index is 0.310. The Bertz CT molecular complexity index is 599. The number of nitrogen functional groups attached to an aromatic ring is 1. The molecule has 0 fully saturated rings. The van der Waals surface area contributed by atoms with Crippen molar-refractivity contribution in [1.29, 1.82) is 0 Å². The maximum absolute atomic E-state index is 12.0. The molecule has 1 aromatic carbocycles. The molecule has 1 amide bonds. The lowest BCUT2D eigenvalue weighted by atomic mass is 10.2. The number of nitrogens with one attached hydrogen (secondary N) is 1. The summed E-state index contributed by atoms with van der Waals surface area (Å²) in [6.07, 6.45) is 1.56. The van der Waals surface area contributed by atoms with Crippen LogP contribution in [0.2, 0.25) is 0 Å². The van der Waals surface area contributed by atoms with Gasteiger partial charge in [-0.1, -0.05) is 0 Å². The van der Waals surface area contributed by atoms with E-state index in [9.17, 15) is 4.79 Å². The number of aromatic nitrogens is 1. The van der Waals surface area contributed by atoms with Crippen LogP contribution in [-0.4, -0.2) is 18.0 Å². The van der Waals surface area contributed by atoms with Gasteiger partial charge in [0.25, 0.3) is 5.91 Å². The Morgan fingerprint density at radius 3 is 2.79 bits per heavy atom. The fourth-order valence-electron chi connectivity index (χ4n) is 1.51. The number of rotatable bonds is 3. The van der Waals surface area contributed by atoms with Gasteiger partial charge in [-0.15, -0.1) is 0 Å². The molecule has 0 atom stereocenters. The minimum Gasteiger partial charge on any atom is -0.494 e. The third-order valence-electron chi connectivity index (χ3n) is 2.43. The molecule has 0 unspecified atom stereocenters. The molecule has 3 N–H and O–H groups in total. The van der Waals surface area contributed by atoms with E-state index in [1.54, 1.807) is 36.5 Å². The molecule has 5 nitrogen and oxygen atoms in total. The number of amides is 1. The lowest BCUT2D eigenvalue weighted by Gasteiger charge is -2.10. The molecule has 6 heteroatoms. The van der Waals surface area contributed by atoms with Crippen molar-refractivity contribution in [1.82, 2.24) is 4.98 Å². The molecule has 98 valence electrons. The van der Waals surface area contributed by atoms with E-state index in [1.165, 1.54) is 7.11 Å². The number of nitrogens with zero attached hydrogens (tertiary/aromatic N) is 1. The number of benzene rings is 1. The predicted molar refractivity (Wildman–Crippen MR) is 77.3 cm³/mol. The Kier molecular flexibility index (Phi) is 4.01. The first-order valence-electron chi connectivity index (χ1n) is 5.46. The van der Waals surface area contributed by atoms with Gasteiger partial charge in [0, 0.05) is 22.4 Å². The molecule has 0 bridgehead atoms. The van der Waals surface area contributed by atoms with Crippen molar-refractivity contribution in [2.45, 2.75) is 0 Å². The predicted octanol–water partition coefficient (Wildman–Crippen LogP) is 2.69. The molecule has 0 radical (unpaired) electrons. The summed E-state index contributed by atoms with van der Waals surface area (Å²) in [5, 5.41) is 2.73. The van der Waals surface area contributed by atoms with Crippen molar-refractivity contribution in [2.75, 3.05) is 18.2 Å². The Labute approximate surface area is 118 Å². The first kappa shape index (κ1) is 13.4. The highest BCUT2D eigenvalue weighted by Gasteiger charge is 2.10. The van der Waals surface area contributed by atoms with Crippen molar-refractivity contribution in [3.8, 4) is 5.75 Å². The fraction of sp³-hybridized carbons (Fsp3) is 0.0769. The van der Waals surface area contributed by atoms with E-state index in [0.717, 1.165) is 4.47 Å². The van der Waals surface area contributed by atoms with Crippen molar-refractivity contribution in [3.63, 3.8) is 0 Å². The van der Waals surface area contributed by atoms with Crippen molar-refractivity contribution in [2.24, 2.45) is 0 Å². The van der Waals surface area contributed by atoms with Crippen LogP contribution in [0.15, 0.2) is 41.0 Å². The number of ether oxygens (including phenoxy) is 1. The summed E-state index contributed by atoms with van der Waals surface area (Å²) in [5.41, 5.74) is 7.09. The molecule has 0 aliphatic carbocycles. The Morgan fingerprint density at radius 2 is 2.16 bits per heavy atom. The zero-order chi connectivity index (χ0) is 13.8. The maximum atomic E-state index is 12.0. The molecule has 1 heterocycles. The van der Waals surface area contributed by atoms with E-state index in [4.69, 9.17) is 10.5 Å². The molecule has 0 saturated carbocycles. The molecule has 1 aromatic heterocycles. The zero-order valence-electron chi connectivity index (χ0n) is 10.2. The summed E-state index contributed by atoms with van der Waals surface area (Å²) in [7, 11) is 1.52. The molecule has 0 aliphatic heterocycles. The first-order chi connectivity index (χ1) is 9.10. The molecular weight excluding hydrogens is 310 g/mol. The van der Waals surface area contributed by atoms with Crippen molar-refractivity contribution < 1.29 is 9.53 Å². The van der Waals surface area contributed by atoms with Crippen LogP contribution in [0.4, 0.5) is 11.4 Å². The van der Waals surface area contributed by atoms with Gasteiger partial charge in [0.05, 0.1) is 12.8 Å². The maximum Gasteiger partial charge on any atom is 0.274 e. The van der Waals surface area contributed by atoms with Gasteiger partial charge in [0.2, 0.25) is 0 Å². The summed E-state index contributed by atoms with van der Waals surface area (Å²) in [6.45, 7) is 0. The standard InChI is InChI=1S/C13H12BrN3O2/c1-19-12-6-9(15)3-5-10(12)17-13(18)11-4-2-8(14)7-16-11/h2-7H,15H2,1H3,(H,17,18). The topological polar surface area (TPSA) is 77.2 Å². The summed E-state index contributed by atoms with van der Waals surface area (Å²) in [4.78, 5) is 16.0. The van der Waals surface area contributed by atoms with Crippen LogP contribution in [0.5, 0.6) is 5.75 Å². The number of carbonyl (C=O) groups excluding carboxylic acids is 1. The number of pyridine rings is 1. The van der Waals surface area contributed by atoms with E-state index in [0.29, 0.717) is 22.8 Å². The van der Waals surface area contributed by atoms with Gasteiger partial charge in [-0.25, -0.2) is 4.98 Å². The van der Waals surface area contributed by atoms with Gasteiger partial charge in [0.1, 0.15) is 11.4 Å². The number of hydrogen-bond acceptors (Lipinski definition) is 4. The number of anilines is 2. The second-order valence-corrected chi connectivity index (χ2v) is 4.69. The van der Waals surface area contributed by atoms with E-state index in [-0.39, 0.29) is 5.91 Å². The first-order valence-corrected chi connectivity index (χ1v) is 6.26. The summed E-state index contributed by atoms with van der Waals surface area (Å²) in [6, 6.07) is 8.40. The van der Waals surface area contributed by atoms with Gasteiger partial charge in [-0.2, -0.15) is 0 Å². The third-order valence-corrected chi connectivity index (χ3v) is 2.90. The van der Waals surface area contributed by atoms with E-state index in [2.05, 4.69) is 26.2 Å². The van der Waals surface area contributed by atoms with Gasteiger partial charge in [0.15, 0.2) is 0 Å². The highest BCUT2D eigenvalue weighted by Crippen LogP contribution is 2.26. The molecule has 2 aromatic rings. The number of methoxy groups -OCH3 is 1. The van der Waals surface area contributed by atoms with Crippen LogP contribution in [-0.2, 0) is 0 Å². The molecular formula is C13H12BrN3O2. The average molecular weight is 322 g/mol. The van der Waals surface area contributed by atoms with Crippen LogP contribution < -0.4 is 15.8 Å². The van der Waals surface area contributed by atoms with Crippen molar-refractivity contribution in [3.05, 3.63) is 46.7 Å². The molecule has 0 saturated heterocycles. The molecule has 2 rings (SSSR count). The highest BCUT2D eigenvalue weighted by molar-refractivity contribution is 9.10. The number of hydrogen-bond donors (Lipinski definition) is 2. The number of carbonyl (C=O) groups is 1. The average Bonchev–Trinajstić information content (AvgIpc) is 2.41. The SMILES string of the molecule is COc1cc(N)ccc1NC(=O)c1ccc(Br)cn1. The lowest BCUT2D eigenvalue weighted by molar-refractivity contribution is 0.102.